The number of rotatable bonds is 4. The molecule has 0 unspecified atom stereocenters. The van der Waals surface area contributed by atoms with Gasteiger partial charge in [0.25, 0.3) is 0 Å². The highest BCUT2D eigenvalue weighted by atomic mass is 15.1. The topological polar surface area (TPSA) is 41.6 Å². The van der Waals surface area contributed by atoms with Gasteiger partial charge in [-0.1, -0.05) is 0 Å². The maximum absolute atomic E-state index is 5.25. The van der Waals surface area contributed by atoms with E-state index in [-0.39, 0.29) is 0 Å². The Hall–Kier alpha value is -0.830. The molecule has 0 saturated carbocycles. The highest BCUT2D eigenvalue weighted by Gasteiger charge is 1.85. The van der Waals surface area contributed by atoms with Gasteiger partial charge in [-0.15, -0.1) is 0 Å². The standard InChI is InChI=1S/C8H17N3/c1-8(6-9)7-10-4-5-11(2)3/h6-7H,4-5,9H2,1-3H3. The van der Waals surface area contributed by atoms with Crippen LogP contribution in [0.25, 0.3) is 0 Å². The predicted molar refractivity (Wildman–Crippen MR) is 49.9 cm³/mol. The number of nitrogens with zero attached hydrogens (tertiary/aromatic N) is 2. The summed E-state index contributed by atoms with van der Waals surface area (Å²) in [5, 5.41) is 0. The second kappa shape index (κ2) is 5.92. The Morgan fingerprint density at radius 2 is 2.18 bits per heavy atom. The summed E-state index contributed by atoms with van der Waals surface area (Å²) in [6, 6.07) is 0. The molecule has 0 saturated heterocycles. The van der Waals surface area contributed by atoms with Gasteiger partial charge < -0.3 is 10.6 Å². The van der Waals surface area contributed by atoms with Gasteiger partial charge in [0.15, 0.2) is 0 Å². The lowest BCUT2D eigenvalue weighted by Crippen LogP contribution is -2.15. The van der Waals surface area contributed by atoms with Crippen molar-refractivity contribution >= 4 is 6.21 Å². The molecular weight excluding hydrogens is 138 g/mol. The molecule has 0 aliphatic heterocycles. The van der Waals surface area contributed by atoms with Crippen LogP contribution in [0.2, 0.25) is 0 Å². The lowest BCUT2D eigenvalue weighted by Gasteiger charge is -2.05. The van der Waals surface area contributed by atoms with E-state index in [0.29, 0.717) is 0 Å². The minimum Gasteiger partial charge on any atom is -0.404 e. The van der Waals surface area contributed by atoms with Gasteiger partial charge in [0, 0.05) is 12.8 Å². The van der Waals surface area contributed by atoms with Crippen LogP contribution in [0.15, 0.2) is 16.8 Å². The number of hydrogen-bond acceptors (Lipinski definition) is 3. The summed E-state index contributed by atoms with van der Waals surface area (Å²) in [6.07, 6.45) is 3.35. The third-order valence-electron chi connectivity index (χ3n) is 1.23. The van der Waals surface area contributed by atoms with Gasteiger partial charge in [-0.05, 0) is 32.8 Å². The van der Waals surface area contributed by atoms with Gasteiger partial charge in [0.05, 0.1) is 6.54 Å². The zero-order chi connectivity index (χ0) is 8.69. The zero-order valence-corrected chi connectivity index (χ0v) is 7.54. The normalized spacial score (nSPS) is 13.3. The van der Waals surface area contributed by atoms with Gasteiger partial charge in [0.2, 0.25) is 0 Å². The number of likely N-dealkylation sites (N-methyl/N-ethyl adjacent to an activating group) is 1. The van der Waals surface area contributed by atoms with Gasteiger partial charge >= 0.3 is 0 Å². The number of nitrogens with two attached hydrogens (primary N) is 1. The van der Waals surface area contributed by atoms with Crippen molar-refractivity contribution in [2.24, 2.45) is 10.7 Å². The molecule has 64 valence electrons. The fourth-order valence-electron chi connectivity index (χ4n) is 0.509. The Kier molecular flexibility index (Phi) is 5.47. The van der Waals surface area contributed by atoms with E-state index in [0.717, 1.165) is 18.7 Å². The summed E-state index contributed by atoms with van der Waals surface area (Å²) >= 11 is 0. The molecule has 3 nitrogen and oxygen atoms in total. The Labute approximate surface area is 68.6 Å². The highest BCUT2D eigenvalue weighted by molar-refractivity contribution is 5.77. The lowest BCUT2D eigenvalue weighted by atomic mass is 10.4. The zero-order valence-electron chi connectivity index (χ0n) is 7.54. The minimum atomic E-state index is 0.832. The van der Waals surface area contributed by atoms with Crippen molar-refractivity contribution in [3.63, 3.8) is 0 Å². The van der Waals surface area contributed by atoms with Crippen molar-refractivity contribution in [1.29, 1.82) is 0 Å². The molecule has 0 spiro atoms. The van der Waals surface area contributed by atoms with Crippen LogP contribution in [0.1, 0.15) is 6.92 Å². The van der Waals surface area contributed by atoms with Gasteiger partial charge in [-0.2, -0.15) is 0 Å². The molecule has 0 bridgehead atoms. The van der Waals surface area contributed by atoms with Gasteiger partial charge in [-0.3, -0.25) is 4.99 Å². The van der Waals surface area contributed by atoms with E-state index >= 15 is 0 Å². The summed E-state index contributed by atoms with van der Waals surface area (Å²) < 4.78 is 0. The van der Waals surface area contributed by atoms with Crippen LogP contribution in [-0.2, 0) is 0 Å². The van der Waals surface area contributed by atoms with E-state index in [1.807, 2.05) is 21.0 Å². The SMILES string of the molecule is CC(C=NCCN(C)C)=CN. The highest BCUT2D eigenvalue weighted by Crippen LogP contribution is 1.83. The van der Waals surface area contributed by atoms with Crippen LogP contribution in [0.3, 0.4) is 0 Å². The monoisotopic (exact) mass is 155 g/mol. The molecular formula is C8H17N3. The predicted octanol–water partition coefficient (Wildman–Crippen LogP) is 0.481. The Bertz CT molecular complexity index is 147. The van der Waals surface area contributed by atoms with Crippen molar-refractivity contribution < 1.29 is 0 Å². The molecule has 0 aromatic rings. The second-order valence-corrected chi connectivity index (χ2v) is 2.75. The molecule has 0 fully saturated rings. The first-order chi connectivity index (χ1) is 5.16. The lowest BCUT2D eigenvalue weighted by molar-refractivity contribution is 0.421. The molecule has 0 atom stereocenters. The fourth-order valence-corrected chi connectivity index (χ4v) is 0.509. The number of aliphatic imine (C=N–C) groups is 1. The molecule has 0 radical (unpaired) electrons. The maximum Gasteiger partial charge on any atom is 0.0516 e. The third-order valence-corrected chi connectivity index (χ3v) is 1.23. The quantitative estimate of drug-likeness (QED) is 0.600. The van der Waals surface area contributed by atoms with Gasteiger partial charge in [0.1, 0.15) is 0 Å². The van der Waals surface area contributed by atoms with Gasteiger partial charge in [-0.25, -0.2) is 0 Å². The van der Waals surface area contributed by atoms with Crippen LogP contribution in [0.4, 0.5) is 0 Å². The molecule has 0 aromatic heterocycles. The molecule has 0 aliphatic rings. The van der Waals surface area contributed by atoms with Crippen molar-refractivity contribution in [1.82, 2.24) is 4.90 Å². The molecule has 0 aromatic carbocycles. The van der Waals surface area contributed by atoms with Crippen molar-refractivity contribution in [2.75, 3.05) is 27.2 Å². The molecule has 0 rings (SSSR count). The average molecular weight is 155 g/mol. The summed E-state index contributed by atoms with van der Waals surface area (Å²) in [6.45, 7) is 3.74. The van der Waals surface area contributed by atoms with Crippen LogP contribution < -0.4 is 5.73 Å². The molecule has 2 N–H and O–H groups in total. The molecule has 0 heterocycles. The smallest absolute Gasteiger partial charge is 0.0516 e. The van der Waals surface area contributed by atoms with Crippen LogP contribution in [0.5, 0.6) is 0 Å². The van der Waals surface area contributed by atoms with E-state index < -0.39 is 0 Å². The minimum absolute atomic E-state index is 0.832. The summed E-state index contributed by atoms with van der Waals surface area (Å²) in [5.41, 5.74) is 6.25. The van der Waals surface area contributed by atoms with E-state index in [1.165, 1.54) is 0 Å². The van der Waals surface area contributed by atoms with Crippen molar-refractivity contribution in [3.05, 3.63) is 11.8 Å². The van der Waals surface area contributed by atoms with Crippen molar-refractivity contribution in [2.45, 2.75) is 6.92 Å². The molecule has 0 amide bonds. The summed E-state index contributed by atoms with van der Waals surface area (Å²) in [4.78, 5) is 6.26. The molecule has 11 heavy (non-hydrogen) atoms. The average Bonchev–Trinajstić information content (AvgIpc) is 1.97. The van der Waals surface area contributed by atoms with Crippen LogP contribution in [0, 0.1) is 0 Å². The van der Waals surface area contributed by atoms with E-state index in [2.05, 4.69) is 9.89 Å². The second-order valence-electron chi connectivity index (χ2n) is 2.75. The number of hydrogen-bond donors (Lipinski definition) is 1. The van der Waals surface area contributed by atoms with E-state index in [4.69, 9.17) is 5.73 Å². The van der Waals surface area contributed by atoms with Crippen LogP contribution in [-0.4, -0.2) is 38.3 Å². The van der Waals surface area contributed by atoms with Crippen molar-refractivity contribution in [3.8, 4) is 0 Å². The first kappa shape index (κ1) is 10.2. The Morgan fingerprint density at radius 3 is 2.64 bits per heavy atom. The fraction of sp³-hybridized carbons (Fsp3) is 0.625. The summed E-state index contributed by atoms with van der Waals surface area (Å²) in [5.74, 6) is 0. The Morgan fingerprint density at radius 1 is 1.55 bits per heavy atom. The largest absolute Gasteiger partial charge is 0.404 e. The first-order valence-corrected chi connectivity index (χ1v) is 3.70. The maximum atomic E-state index is 5.25. The van der Waals surface area contributed by atoms with Crippen LogP contribution >= 0.6 is 0 Å². The summed E-state index contributed by atoms with van der Waals surface area (Å²) in [7, 11) is 4.06. The number of allylic oxidation sites excluding steroid dienone is 1. The van der Waals surface area contributed by atoms with E-state index in [9.17, 15) is 0 Å². The Balaban J connectivity index is 3.45. The molecule has 0 aliphatic carbocycles. The molecule has 3 heteroatoms. The third kappa shape index (κ3) is 7.06. The first-order valence-electron chi connectivity index (χ1n) is 3.70. The van der Waals surface area contributed by atoms with E-state index in [1.54, 1.807) is 12.4 Å².